The van der Waals surface area contributed by atoms with Crippen LogP contribution in [0.1, 0.15) is 24.9 Å². The van der Waals surface area contributed by atoms with Crippen molar-refractivity contribution in [2.75, 3.05) is 6.61 Å². The number of ether oxygens (including phenoxy) is 2. The zero-order chi connectivity index (χ0) is 15.3. The summed E-state index contributed by atoms with van der Waals surface area (Å²) >= 11 is 0. The van der Waals surface area contributed by atoms with E-state index in [9.17, 15) is 9.59 Å². The van der Waals surface area contributed by atoms with Gasteiger partial charge in [-0.2, -0.15) is 0 Å². The minimum absolute atomic E-state index is 0.0310. The lowest BCUT2D eigenvalue weighted by atomic mass is 9.88. The van der Waals surface area contributed by atoms with Crippen LogP contribution < -0.4 is 0 Å². The third-order valence-electron chi connectivity index (χ3n) is 4.67. The van der Waals surface area contributed by atoms with E-state index in [4.69, 9.17) is 9.47 Å². The molecule has 1 aromatic carbocycles. The van der Waals surface area contributed by atoms with Crippen LogP contribution >= 0.6 is 0 Å². The van der Waals surface area contributed by atoms with Crippen molar-refractivity contribution in [3.05, 3.63) is 48.0 Å². The fourth-order valence-electron chi connectivity index (χ4n) is 3.68. The number of benzene rings is 1. The van der Waals surface area contributed by atoms with Gasteiger partial charge in [0, 0.05) is 6.42 Å². The van der Waals surface area contributed by atoms with Crippen molar-refractivity contribution in [3.8, 4) is 0 Å². The molecule has 0 aromatic heterocycles. The highest BCUT2D eigenvalue weighted by Crippen LogP contribution is 2.41. The molecule has 3 aliphatic rings. The van der Waals surface area contributed by atoms with E-state index in [1.165, 1.54) is 0 Å². The van der Waals surface area contributed by atoms with Crippen LogP contribution in [0, 0.1) is 0 Å². The molecule has 4 atom stereocenters. The second kappa shape index (κ2) is 4.68. The van der Waals surface area contributed by atoms with E-state index < -0.39 is 17.7 Å². The van der Waals surface area contributed by atoms with Gasteiger partial charge in [-0.3, -0.25) is 9.69 Å². The molecule has 2 bridgehead atoms. The Kier molecular flexibility index (Phi) is 2.87. The van der Waals surface area contributed by atoms with E-state index in [-0.39, 0.29) is 24.5 Å². The number of hydrogen-bond acceptors (Lipinski definition) is 4. The van der Waals surface area contributed by atoms with Crippen LogP contribution in [0.25, 0.3) is 0 Å². The Morgan fingerprint density at radius 1 is 1.23 bits per heavy atom. The number of hydrogen-bond donors (Lipinski definition) is 0. The molecule has 4 rings (SSSR count). The lowest BCUT2D eigenvalue weighted by Crippen LogP contribution is -2.59. The average Bonchev–Trinajstić information content (AvgIpc) is 3.02. The van der Waals surface area contributed by atoms with Crippen molar-refractivity contribution in [1.29, 1.82) is 0 Å². The van der Waals surface area contributed by atoms with E-state index >= 15 is 0 Å². The lowest BCUT2D eigenvalue weighted by molar-refractivity contribution is -0.149. The molecule has 22 heavy (non-hydrogen) atoms. The summed E-state index contributed by atoms with van der Waals surface area (Å²) in [5, 5.41) is 0. The number of rotatable bonds is 2. The summed E-state index contributed by atoms with van der Waals surface area (Å²) in [6.07, 6.45) is 3.51. The molecule has 2 fully saturated rings. The van der Waals surface area contributed by atoms with E-state index in [1.54, 1.807) is 4.90 Å². The number of ketones is 1. The van der Waals surface area contributed by atoms with Crippen molar-refractivity contribution >= 4 is 11.9 Å². The molecule has 1 amide bonds. The molecule has 0 aliphatic carbocycles. The van der Waals surface area contributed by atoms with E-state index in [0.29, 0.717) is 6.42 Å². The largest absolute Gasteiger partial charge is 0.447 e. The molecule has 5 nitrogen and oxygen atoms in total. The quantitative estimate of drug-likeness (QED) is 0.786. The highest BCUT2D eigenvalue weighted by atomic mass is 16.6. The molecule has 1 aromatic rings. The van der Waals surface area contributed by atoms with Gasteiger partial charge in [0.25, 0.3) is 0 Å². The standard InChI is InChI=1S/C17H17NO4/c1-17-8-7-12(22-17)9-14(19)15(17)18-13(10-21-16(18)20)11-5-3-2-4-6-11/h2-8,12-13,15H,9-10H2,1H3/t12-,13-,15+,17+/m0/s1. The Morgan fingerprint density at radius 3 is 2.77 bits per heavy atom. The van der Waals surface area contributed by atoms with Crippen LogP contribution in [-0.2, 0) is 14.3 Å². The number of carbonyl (C=O) groups is 2. The number of Topliss-reactive ketones (excluding diaryl/α,β-unsaturated/α-hetero) is 1. The minimum atomic E-state index is -0.767. The zero-order valence-electron chi connectivity index (χ0n) is 12.3. The van der Waals surface area contributed by atoms with E-state index in [0.717, 1.165) is 5.56 Å². The van der Waals surface area contributed by atoms with Gasteiger partial charge in [-0.1, -0.05) is 42.5 Å². The lowest BCUT2D eigenvalue weighted by Gasteiger charge is -2.42. The fraction of sp³-hybridized carbons (Fsp3) is 0.412. The van der Waals surface area contributed by atoms with Crippen LogP contribution in [0.5, 0.6) is 0 Å². The maximum atomic E-state index is 12.6. The average molecular weight is 299 g/mol. The zero-order valence-corrected chi connectivity index (χ0v) is 12.3. The Labute approximate surface area is 128 Å². The Bertz CT molecular complexity index is 656. The molecule has 0 saturated carbocycles. The maximum absolute atomic E-state index is 12.6. The van der Waals surface area contributed by atoms with Gasteiger partial charge in [0.2, 0.25) is 0 Å². The second-order valence-electron chi connectivity index (χ2n) is 6.18. The molecule has 114 valence electrons. The smallest absolute Gasteiger partial charge is 0.411 e. The van der Waals surface area contributed by atoms with Crippen molar-refractivity contribution in [2.24, 2.45) is 0 Å². The summed E-state index contributed by atoms with van der Waals surface area (Å²) < 4.78 is 11.2. The topological polar surface area (TPSA) is 55.8 Å². The van der Waals surface area contributed by atoms with E-state index in [2.05, 4.69) is 0 Å². The summed E-state index contributed by atoms with van der Waals surface area (Å²) in [6, 6.07) is 8.76. The number of carbonyl (C=O) groups excluding carboxylic acids is 2. The van der Waals surface area contributed by atoms with Gasteiger partial charge >= 0.3 is 6.09 Å². The third kappa shape index (κ3) is 1.89. The van der Waals surface area contributed by atoms with Gasteiger partial charge in [-0.15, -0.1) is 0 Å². The first kappa shape index (κ1) is 13.5. The first-order valence-corrected chi connectivity index (χ1v) is 7.48. The van der Waals surface area contributed by atoms with Crippen LogP contribution in [-0.4, -0.2) is 41.1 Å². The number of cyclic esters (lactones) is 1. The molecule has 0 spiro atoms. The predicted octanol–water partition coefficient (Wildman–Crippen LogP) is 2.24. The highest BCUT2D eigenvalue weighted by molar-refractivity contribution is 5.91. The highest BCUT2D eigenvalue weighted by Gasteiger charge is 2.55. The normalized spacial score (nSPS) is 36.8. The molecule has 0 unspecified atom stereocenters. The summed E-state index contributed by atoms with van der Waals surface area (Å²) in [6.45, 7) is 2.12. The molecule has 0 radical (unpaired) electrons. The van der Waals surface area contributed by atoms with E-state index in [1.807, 2.05) is 49.4 Å². The summed E-state index contributed by atoms with van der Waals surface area (Å²) in [5.74, 6) is 0.0310. The van der Waals surface area contributed by atoms with Gasteiger partial charge in [-0.25, -0.2) is 4.79 Å². The van der Waals surface area contributed by atoms with Crippen molar-refractivity contribution in [1.82, 2.24) is 4.90 Å². The van der Waals surface area contributed by atoms with Crippen LogP contribution in [0.2, 0.25) is 0 Å². The summed E-state index contributed by atoms with van der Waals surface area (Å²) in [7, 11) is 0. The molecular weight excluding hydrogens is 282 g/mol. The van der Waals surface area contributed by atoms with Crippen molar-refractivity contribution in [3.63, 3.8) is 0 Å². The molecule has 2 saturated heterocycles. The number of amides is 1. The van der Waals surface area contributed by atoms with Crippen molar-refractivity contribution < 1.29 is 19.1 Å². The first-order chi connectivity index (χ1) is 10.6. The molecule has 3 heterocycles. The second-order valence-corrected chi connectivity index (χ2v) is 6.18. The molecular formula is C17H17NO4. The Balaban J connectivity index is 1.74. The monoisotopic (exact) mass is 299 g/mol. The third-order valence-corrected chi connectivity index (χ3v) is 4.67. The van der Waals surface area contributed by atoms with Crippen LogP contribution in [0.3, 0.4) is 0 Å². The minimum Gasteiger partial charge on any atom is -0.447 e. The van der Waals surface area contributed by atoms with Crippen LogP contribution in [0.15, 0.2) is 42.5 Å². The van der Waals surface area contributed by atoms with Gasteiger partial charge in [-0.05, 0) is 12.5 Å². The molecule has 3 aliphatic heterocycles. The van der Waals surface area contributed by atoms with Gasteiger partial charge in [0.15, 0.2) is 5.78 Å². The van der Waals surface area contributed by atoms with Crippen molar-refractivity contribution in [2.45, 2.75) is 37.1 Å². The van der Waals surface area contributed by atoms with Gasteiger partial charge < -0.3 is 9.47 Å². The molecule has 0 N–H and O–H groups in total. The predicted molar refractivity (Wildman–Crippen MR) is 78.2 cm³/mol. The van der Waals surface area contributed by atoms with Gasteiger partial charge in [0.05, 0.1) is 12.1 Å². The summed E-state index contributed by atoms with van der Waals surface area (Å²) in [5.41, 5.74) is 0.199. The first-order valence-electron chi connectivity index (χ1n) is 7.48. The van der Waals surface area contributed by atoms with Crippen LogP contribution in [0.4, 0.5) is 4.79 Å². The fourth-order valence-corrected chi connectivity index (χ4v) is 3.68. The number of nitrogens with zero attached hydrogens (tertiary/aromatic N) is 1. The molecule has 5 heteroatoms. The SMILES string of the molecule is C[C@@]12C=C[C@@H](CC(=O)[C@H]1N1C(=O)OC[C@H]1c1ccccc1)O2. The Morgan fingerprint density at radius 2 is 2.00 bits per heavy atom. The number of fused-ring (bicyclic) bond motifs is 2. The maximum Gasteiger partial charge on any atom is 0.411 e. The van der Waals surface area contributed by atoms with Gasteiger partial charge in [0.1, 0.15) is 18.2 Å². The Hall–Kier alpha value is -2.14. The summed E-state index contributed by atoms with van der Waals surface area (Å²) in [4.78, 5) is 26.5.